The third kappa shape index (κ3) is 4.00. The van der Waals surface area contributed by atoms with Gasteiger partial charge in [0.2, 0.25) is 5.91 Å². The lowest BCUT2D eigenvalue weighted by Gasteiger charge is -2.59. The molecule has 0 radical (unpaired) electrons. The van der Waals surface area contributed by atoms with E-state index in [0.717, 1.165) is 0 Å². The van der Waals surface area contributed by atoms with Gasteiger partial charge in [-0.05, 0) is 31.5 Å². The van der Waals surface area contributed by atoms with Crippen molar-refractivity contribution in [2.24, 2.45) is 11.1 Å². The van der Waals surface area contributed by atoms with Gasteiger partial charge in [0.15, 0.2) is 0 Å². The lowest BCUT2D eigenvalue weighted by atomic mass is 9.54. The van der Waals surface area contributed by atoms with Gasteiger partial charge in [0, 0.05) is 50.2 Å². The molecule has 1 aromatic rings. The number of amides is 2. The summed E-state index contributed by atoms with van der Waals surface area (Å²) in [4.78, 5) is 29.1. The minimum atomic E-state index is -0.945. The number of hydrogen-bond donors (Lipinski definition) is 1. The minimum absolute atomic E-state index is 0. The maximum Gasteiger partial charge on any atom is 0.254 e. The van der Waals surface area contributed by atoms with Crippen molar-refractivity contribution in [2.75, 3.05) is 32.8 Å². The molecule has 2 fully saturated rings. The van der Waals surface area contributed by atoms with E-state index in [1.54, 1.807) is 28.9 Å². The van der Waals surface area contributed by atoms with Gasteiger partial charge in [0.25, 0.3) is 5.91 Å². The van der Waals surface area contributed by atoms with Crippen LogP contribution >= 0.6 is 12.4 Å². The monoisotopic (exact) mass is 427 g/mol. The maximum atomic E-state index is 13.8. The van der Waals surface area contributed by atoms with Gasteiger partial charge in [0.1, 0.15) is 11.4 Å². The molecule has 1 heterocycles. The Hall–Kier alpha value is -1.70. The number of carbonyl (C=O) groups excluding carboxylic acids is 2. The first kappa shape index (κ1) is 23.6. The lowest BCUT2D eigenvalue weighted by Crippen LogP contribution is -2.76. The SMILES string of the molecule is CCOC1CC(N)(C(=O)N2CCN(C(=O)c3ccc(C)c(F)c3)CC2)C1(C)C.Cl. The molecule has 8 heteroatoms. The Labute approximate surface area is 178 Å². The van der Waals surface area contributed by atoms with E-state index in [1.807, 2.05) is 20.8 Å². The second kappa shape index (κ2) is 8.58. The Bertz CT molecular complexity index is 780. The summed E-state index contributed by atoms with van der Waals surface area (Å²) in [6.07, 6.45) is 0.486. The molecule has 2 amide bonds. The number of piperazine rings is 1. The molecule has 1 saturated carbocycles. The van der Waals surface area contributed by atoms with Crippen LogP contribution < -0.4 is 5.73 Å². The fourth-order valence-electron chi connectivity index (χ4n) is 4.10. The topological polar surface area (TPSA) is 75.9 Å². The van der Waals surface area contributed by atoms with Crippen molar-refractivity contribution in [1.82, 2.24) is 9.80 Å². The third-order valence-electron chi connectivity index (χ3n) is 6.48. The number of nitrogens with zero attached hydrogens (tertiary/aromatic N) is 2. The van der Waals surface area contributed by atoms with Gasteiger partial charge in [-0.2, -0.15) is 0 Å². The number of rotatable bonds is 4. The molecule has 1 aliphatic heterocycles. The van der Waals surface area contributed by atoms with Crippen molar-refractivity contribution in [3.05, 3.63) is 35.1 Å². The van der Waals surface area contributed by atoms with E-state index in [0.29, 0.717) is 50.3 Å². The van der Waals surface area contributed by atoms with Crippen LogP contribution in [0, 0.1) is 18.2 Å². The molecule has 0 aromatic heterocycles. The highest BCUT2D eigenvalue weighted by atomic mass is 35.5. The molecule has 29 heavy (non-hydrogen) atoms. The van der Waals surface area contributed by atoms with Gasteiger partial charge in [-0.25, -0.2) is 4.39 Å². The Balaban J connectivity index is 0.00000300. The van der Waals surface area contributed by atoms with E-state index in [2.05, 4.69) is 0 Å². The highest BCUT2D eigenvalue weighted by Crippen LogP contribution is 2.50. The van der Waals surface area contributed by atoms with Crippen LogP contribution in [0.2, 0.25) is 0 Å². The smallest absolute Gasteiger partial charge is 0.254 e. The molecule has 6 nitrogen and oxygen atoms in total. The highest BCUT2D eigenvalue weighted by Gasteiger charge is 2.63. The first-order valence-corrected chi connectivity index (χ1v) is 9.87. The van der Waals surface area contributed by atoms with Gasteiger partial charge in [-0.3, -0.25) is 9.59 Å². The summed E-state index contributed by atoms with van der Waals surface area (Å²) in [6.45, 7) is 9.80. The van der Waals surface area contributed by atoms with E-state index >= 15 is 0 Å². The Morgan fingerprint density at radius 3 is 2.31 bits per heavy atom. The summed E-state index contributed by atoms with van der Waals surface area (Å²) in [7, 11) is 0. The van der Waals surface area contributed by atoms with Crippen molar-refractivity contribution in [2.45, 2.75) is 45.8 Å². The fraction of sp³-hybridized carbons (Fsp3) is 0.619. The van der Waals surface area contributed by atoms with E-state index < -0.39 is 11.0 Å². The average Bonchev–Trinajstić information content (AvgIpc) is 2.68. The number of hydrogen-bond acceptors (Lipinski definition) is 4. The summed E-state index contributed by atoms with van der Waals surface area (Å²) < 4.78 is 19.5. The lowest BCUT2D eigenvalue weighted by molar-refractivity contribution is -0.180. The quantitative estimate of drug-likeness (QED) is 0.800. The Morgan fingerprint density at radius 2 is 1.79 bits per heavy atom. The molecule has 3 rings (SSSR count). The molecule has 1 saturated heterocycles. The second-order valence-electron chi connectivity index (χ2n) is 8.39. The van der Waals surface area contributed by atoms with Crippen molar-refractivity contribution < 1.29 is 18.7 Å². The number of benzene rings is 1. The first-order chi connectivity index (χ1) is 13.1. The van der Waals surface area contributed by atoms with Gasteiger partial charge >= 0.3 is 0 Å². The van der Waals surface area contributed by atoms with E-state index in [1.165, 1.54) is 6.07 Å². The fourth-order valence-corrected chi connectivity index (χ4v) is 4.10. The van der Waals surface area contributed by atoms with Crippen molar-refractivity contribution in [3.63, 3.8) is 0 Å². The van der Waals surface area contributed by atoms with Crippen LogP contribution in [0.25, 0.3) is 0 Å². The Kier molecular flexibility index (Phi) is 6.97. The van der Waals surface area contributed by atoms with Crippen molar-refractivity contribution in [1.29, 1.82) is 0 Å². The summed E-state index contributed by atoms with van der Waals surface area (Å²) in [6, 6.07) is 4.51. The summed E-state index contributed by atoms with van der Waals surface area (Å²) in [5, 5.41) is 0. The Morgan fingerprint density at radius 1 is 1.21 bits per heavy atom. The molecule has 2 aliphatic rings. The van der Waals surface area contributed by atoms with Gasteiger partial charge < -0.3 is 20.3 Å². The second-order valence-corrected chi connectivity index (χ2v) is 8.39. The molecule has 0 spiro atoms. The zero-order valence-corrected chi connectivity index (χ0v) is 18.4. The normalized spacial score (nSPS) is 25.8. The van der Waals surface area contributed by atoms with E-state index in [9.17, 15) is 14.0 Å². The van der Waals surface area contributed by atoms with E-state index in [4.69, 9.17) is 10.5 Å². The largest absolute Gasteiger partial charge is 0.378 e. The molecular formula is C21H31ClFN3O3. The summed E-state index contributed by atoms with van der Waals surface area (Å²) in [5.41, 5.74) is 5.95. The predicted octanol–water partition coefficient (Wildman–Crippen LogP) is 2.37. The minimum Gasteiger partial charge on any atom is -0.378 e. The molecular weight excluding hydrogens is 397 g/mol. The summed E-state index contributed by atoms with van der Waals surface area (Å²) in [5.74, 6) is -0.684. The third-order valence-corrected chi connectivity index (χ3v) is 6.48. The van der Waals surface area contributed by atoms with Gasteiger partial charge in [-0.15, -0.1) is 12.4 Å². The van der Waals surface area contributed by atoms with Crippen LogP contribution in [0.5, 0.6) is 0 Å². The van der Waals surface area contributed by atoms with E-state index in [-0.39, 0.29) is 36.1 Å². The van der Waals surface area contributed by atoms with Crippen LogP contribution in [0.3, 0.4) is 0 Å². The van der Waals surface area contributed by atoms with Crippen LogP contribution in [0.1, 0.15) is 43.1 Å². The first-order valence-electron chi connectivity index (χ1n) is 9.87. The molecule has 1 aliphatic carbocycles. The number of aryl methyl sites for hydroxylation is 1. The maximum absolute atomic E-state index is 13.8. The van der Waals surface area contributed by atoms with Crippen LogP contribution in [0.15, 0.2) is 18.2 Å². The number of nitrogens with two attached hydrogens (primary N) is 1. The number of carbonyl (C=O) groups is 2. The molecule has 2 N–H and O–H groups in total. The van der Waals surface area contributed by atoms with Crippen molar-refractivity contribution in [3.8, 4) is 0 Å². The molecule has 2 unspecified atom stereocenters. The molecule has 162 valence electrons. The van der Waals surface area contributed by atoms with Crippen LogP contribution in [0.4, 0.5) is 4.39 Å². The highest BCUT2D eigenvalue weighted by molar-refractivity contribution is 5.94. The number of halogens is 2. The zero-order valence-electron chi connectivity index (χ0n) is 17.5. The van der Waals surface area contributed by atoms with Crippen LogP contribution in [-0.4, -0.2) is 66.0 Å². The van der Waals surface area contributed by atoms with Gasteiger partial charge in [-0.1, -0.05) is 19.9 Å². The number of ether oxygens (including phenoxy) is 1. The summed E-state index contributed by atoms with van der Waals surface area (Å²) >= 11 is 0. The molecule has 1 aromatic carbocycles. The molecule has 2 atom stereocenters. The van der Waals surface area contributed by atoms with Crippen LogP contribution in [-0.2, 0) is 9.53 Å². The zero-order chi connectivity index (χ0) is 20.7. The van der Waals surface area contributed by atoms with Crippen molar-refractivity contribution >= 4 is 24.2 Å². The standard InChI is InChI=1S/C21H30FN3O3.ClH/c1-5-28-17-13-21(23,20(17,3)4)19(27)25-10-8-24(9-11-25)18(26)15-7-6-14(2)16(22)12-15;/h6-7,12,17H,5,8-11,13,23H2,1-4H3;1H. The average molecular weight is 428 g/mol. The molecule has 0 bridgehead atoms. The predicted molar refractivity (Wildman–Crippen MR) is 112 cm³/mol. The van der Waals surface area contributed by atoms with Gasteiger partial charge in [0.05, 0.1) is 6.10 Å².